The summed E-state index contributed by atoms with van der Waals surface area (Å²) in [5, 5.41) is 9.51. The maximum Gasteiger partial charge on any atom is 0.123 e. The molecule has 3 unspecified atom stereocenters. The highest BCUT2D eigenvalue weighted by molar-refractivity contribution is 5.37. The van der Waals surface area contributed by atoms with E-state index in [1.807, 2.05) is 6.07 Å². The van der Waals surface area contributed by atoms with Crippen LogP contribution in [-0.2, 0) is 6.42 Å². The average molecular weight is 218 g/mol. The van der Waals surface area contributed by atoms with Gasteiger partial charge >= 0.3 is 0 Å². The summed E-state index contributed by atoms with van der Waals surface area (Å²) in [5.41, 5.74) is 1.34. The minimum atomic E-state index is -0.0613. The van der Waals surface area contributed by atoms with Gasteiger partial charge in [-0.25, -0.2) is 0 Å². The van der Waals surface area contributed by atoms with Crippen molar-refractivity contribution in [1.82, 2.24) is 0 Å². The molecule has 1 heterocycles. The van der Waals surface area contributed by atoms with Gasteiger partial charge in [-0.2, -0.15) is 0 Å². The van der Waals surface area contributed by atoms with E-state index >= 15 is 0 Å². The predicted octanol–water partition coefficient (Wildman–Crippen LogP) is 2.54. The SMILES string of the molecule is OC1CCC(CC2Cc3ccccc3O2)C1. The van der Waals surface area contributed by atoms with Crippen molar-refractivity contribution in [3.8, 4) is 5.75 Å². The van der Waals surface area contributed by atoms with Crippen LogP contribution in [0, 0.1) is 5.92 Å². The van der Waals surface area contributed by atoms with E-state index in [2.05, 4.69) is 18.2 Å². The number of para-hydroxylation sites is 1. The summed E-state index contributed by atoms with van der Waals surface area (Å²) < 4.78 is 5.92. The number of ether oxygens (including phenoxy) is 1. The van der Waals surface area contributed by atoms with Crippen LogP contribution in [0.3, 0.4) is 0 Å². The van der Waals surface area contributed by atoms with Gasteiger partial charge in [-0.05, 0) is 43.2 Å². The Labute approximate surface area is 96.2 Å². The minimum absolute atomic E-state index is 0.0613. The third-order valence-corrected chi connectivity index (χ3v) is 3.82. The second-order valence-corrected chi connectivity index (χ2v) is 5.12. The maximum absolute atomic E-state index is 9.51. The predicted molar refractivity (Wildman–Crippen MR) is 62.5 cm³/mol. The van der Waals surface area contributed by atoms with Crippen LogP contribution in [0.15, 0.2) is 24.3 Å². The Kier molecular flexibility index (Phi) is 2.60. The van der Waals surface area contributed by atoms with E-state index in [1.54, 1.807) is 0 Å². The second kappa shape index (κ2) is 4.10. The molecule has 2 aliphatic rings. The number of hydrogen-bond acceptors (Lipinski definition) is 2. The van der Waals surface area contributed by atoms with Gasteiger partial charge in [0, 0.05) is 6.42 Å². The highest BCUT2D eigenvalue weighted by Gasteiger charge is 2.29. The van der Waals surface area contributed by atoms with Gasteiger partial charge in [0.15, 0.2) is 0 Å². The third-order valence-electron chi connectivity index (χ3n) is 3.82. The highest BCUT2D eigenvalue weighted by Crippen LogP contribution is 2.35. The van der Waals surface area contributed by atoms with E-state index in [0.717, 1.165) is 37.9 Å². The smallest absolute Gasteiger partial charge is 0.123 e. The van der Waals surface area contributed by atoms with Crippen LogP contribution in [0.2, 0.25) is 0 Å². The molecule has 0 radical (unpaired) electrons. The van der Waals surface area contributed by atoms with Crippen molar-refractivity contribution in [3.63, 3.8) is 0 Å². The molecule has 0 spiro atoms. The van der Waals surface area contributed by atoms with Gasteiger partial charge < -0.3 is 9.84 Å². The molecule has 0 amide bonds. The molecule has 3 atom stereocenters. The number of rotatable bonds is 2. The van der Waals surface area contributed by atoms with Crippen LogP contribution >= 0.6 is 0 Å². The molecule has 1 saturated carbocycles. The molecule has 1 fully saturated rings. The van der Waals surface area contributed by atoms with Gasteiger partial charge in [-0.1, -0.05) is 18.2 Å². The normalized spacial score (nSPS) is 32.4. The molecule has 86 valence electrons. The molecule has 3 rings (SSSR count). The van der Waals surface area contributed by atoms with Gasteiger partial charge in [0.25, 0.3) is 0 Å². The topological polar surface area (TPSA) is 29.5 Å². The molecule has 1 aromatic carbocycles. The Morgan fingerprint density at radius 3 is 2.88 bits per heavy atom. The van der Waals surface area contributed by atoms with Crippen molar-refractivity contribution in [1.29, 1.82) is 0 Å². The minimum Gasteiger partial charge on any atom is -0.490 e. The zero-order chi connectivity index (χ0) is 11.0. The van der Waals surface area contributed by atoms with Crippen molar-refractivity contribution in [2.75, 3.05) is 0 Å². The summed E-state index contributed by atoms with van der Waals surface area (Å²) in [5.74, 6) is 1.72. The lowest BCUT2D eigenvalue weighted by atomic mass is 9.97. The Morgan fingerprint density at radius 2 is 2.12 bits per heavy atom. The van der Waals surface area contributed by atoms with E-state index in [0.29, 0.717) is 12.0 Å². The molecule has 1 aliphatic carbocycles. The number of aliphatic hydroxyl groups is 1. The Morgan fingerprint density at radius 1 is 1.25 bits per heavy atom. The third kappa shape index (κ3) is 1.94. The molecular weight excluding hydrogens is 200 g/mol. The molecule has 16 heavy (non-hydrogen) atoms. The van der Waals surface area contributed by atoms with Crippen molar-refractivity contribution < 1.29 is 9.84 Å². The summed E-state index contributed by atoms with van der Waals surface area (Å²) >= 11 is 0. The van der Waals surface area contributed by atoms with Gasteiger partial charge in [-0.3, -0.25) is 0 Å². The van der Waals surface area contributed by atoms with Crippen LogP contribution in [0.5, 0.6) is 5.75 Å². The molecule has 2 heteroatoms. The first-order chi connectivity index (χ1) is 7.81. The molecule has 0 aromatic heterocycles. The van der Waals surface area contributed by atoms with Crippen LogP contribution in [0.25, 0.3) is 0 Å². The largest absolute Gasteiger partial charge is 0.490 e. The van der Waals surface area contributed by atoms with Gasteiger partial charge in [0.2, 0.25) is 0 Å². The highest BCUT2D eigenvalue weighted by atomic mass is 16.5. The van der Waals surface area contributed by atoms with Crippen molar-refractivity contribution >= 4 is 0 Å². The molecule has 1 aromatic rings. The number of fused-ring (bicyclic) bond motifs is 1. The first kappa shape index (κ1) is 10.2. The summed E-state index contributed by atoms with van der Waals surface area (Å²) in [6.07, 6.45) is 5.54. The lowest BCUT2D eigenvalue weighted by molar-refractivity contribution is 0.162. The summed E-state index contributed by atoms with van der Waals surface area (Å²) in [6, 6.07) is 8.31. The van der Waals surface area contributed by atoms with Crippen molar-refractivity contribution in [2.24, 2.45) is 5.92 Å². The van der Waals surface area contributed by atoms with Gasteiger partial charge in [0.1, 0.15) is 11.9 Å². The monoisotopic (exact) mass is 218 g/mol. The van der Waals surface area contributed by atoms with E-state index in [4.69, 9.17) is 4.74 Å². The van der Waals surface area contributed by atoms with Crippen LogP contribution in [-0.4, -0.2) is 17.3 Å². The van der Waals surface area contributed by atoms with E-state index in [1.165, 1.54) is 5.56 Å². The standard InChI is InChI=1S/C14H18O2/c15-12-6-5-10(7-12)8-13-9-11-3-1-2-4-14(11)16-13/h1-4,10,12-13,15H,5-9H2. The fourth-order valence-electron chi connectivity index (χ4n) is 3.02. The molecular formula is C14H18O2. The zero-order valence-corrected chi connectivity index (χ0v) is 9.43. The van der Waals surface area contributed by atoms with E-state index < -0.39 is 0 Å². The summed E-state index contributed by atoms with van der Waals surface area (Å²) in [7, 11) is 0. The number of benzene rings is 1. The number of hydrogen-bond donors (Lipinski definition) is 1. The molecule has 0 bridgehead atoms. The summed E-state index contributed by atoms with van der Waals surface area (Å²) in [4.78, 5) is 0. The first-order valence-electron chi connectivity index (χ1n) is 6.24. The summed E-state index contributed by atoms with van der Waals surface area (Å²) in [6.45, 7) is 0. The molecule has 0 saturated heterocycles. The lowest BCUT2D eigenvalue weighted by Gasteiger charge is -2.15. The fraction of sp³-hybridized carbons (Fsp3) is 0.571. The number of aliphatic hydroxyl groups excluding tert-OH is 1. The molecule has 1 N–H and O–H groups in total. The first-order valence-corrected chi connectivity index (χ1v) is 6.24. The van der Waals surface area contributed by atoms with E-state index in [9.17, 15) is 5.11 Å². The molecule has 1 aliphatic heterocycles. The maximum atomic E-state index is 9.51. The van der Waals surface area contributed by atoms with Gasteiger partial charge in [0.05, 0.1) is 6.10 Å². The second-order valence-electron chi connectivity index (χ2n) is 5.12. The van der Waals surface area contributed by atoms with Crippen LogP contribution in [0.1, 0.15) is 31.2 Å². The van der Waals surface area contributed by atoms with Crippen molar-refractivity contribution in [3.05, 3.63) is 29.8 Å². The van der Waals surface area contributed by atoms with Gasteiger partial charge in [-0.15, -0.1) is 0 Å². The zero-order valence-electron chi connectivity index (χ0n) is 9.43. The van der Waals surface area contributed by atoms with Crippen molar-refractivity contribution in [2.45, 2.75) is 44.3 Å². The van der Waals surface area contributed by atoms with Crippen LogP contribution < -0.4 is 4.74 Å². The lowest BCUT2D eigenvalue weighted by Crippen LogP contribution is -2.17. The van der Waals surface area contributed by atoms with E-state index in [-0.39, 0.29) is 6.10 Å². The Bertz CT molecular complexity index is 350. The average Bonchev–Trinajstić information content (AvgIpc) is 2.84. The Balaban J connectivity index is 1.60. The molecule has 2 nitrogen and oxygen atoms in total. The fourth-order valence-corrected chi connectivity index (χ4v) is 3.02. The van der Waals surface area contributed by atoms with Crippen LogP contribution in [0.4, 0.5) is 0 Å². The quantitative estimate of drug-likeness (QED) is 0.826. The Hall–Kier alpha value is -1.02.